The molecule has 5 heteroatoms. The molecule has 0 unspecified atom stereocenters. The molecule has 0 aromatic heterocycles. The molecule has 0 spiro atoms. The average molecular weight is 245 g/mol. The number of amides is 1. The Hall–Kier alpha value is -1.52. The quantitative estimate of drug-likeness (QED) is 0.852. The highest BCUT2D eigenvalue weighted by Crippen LogP contribution is 2.16. The molecule has 0 aliphatic carbocycles. The normalized spacial score (nSPS) is 11.4. The van der Waals surface area contributed by atoms with E-state index in [1.54, 1.807) is 20.8 Å². The van der Waals surface area contributed by atoms with Crippen LogP contribution in [0.5, 0.6) is 0 Å². The van der Waals surface area contributed by atoms with Gasteiger partial charge in [-0.2, -0.15) is 0 Å². The van der Waals surface area contributed by atoms with Crippen LogP contribution in [0, 0.1) is 22.9 Å². The molecule has 1 amide bonds. The van der Waals surface area contributed by atoms with Crippen molar-refractivity contribution in [2.75, 3.05) is 0 Å². The number of nitrogens with one attached hydrogen (secondary N) is 1. The van der Waals surface area contributed by atoms with Gasteiger partial charge in [-0.15, -0.1) is 0 Å². The number of rotatable bonds is 2. The van der Waals surface area contributed by atoms with Crippen LogP contribution in [0.2, 0.25) is 0 Å². The molecule has 2 nitrogen and oxygen atoms in total. The lowest BCUT2D eigenvalue weighted by Crippen LogP contribution is -2.34. The Kier molecular flexibility index (Phi) is 3.80. The minimum Gasteiger partial charge on any atom is -0.351 e. The van der Waals surface area contributed by atoms with Gasteiger partial charge in [0.1, 0.15) is 17.5 Å². The first kappa shape index (κ1) is 13.5. The van der Waals surface area contributed by atoms with Crippen molar-refractivity contribution in [2.45, 2.75) is 27.3 Å². The molecule has 0 saturated heterocycles. The number of carbonyl (C=O) groups excluding carboxylic acids is 1. The molecule has 0 fully saturated rings. The fourth-order valence-corrected chi connectivity index (χ4v) is 1.17. The van der Waals surface area contributed by atoms with Crippen LogP contribution in [0.15, 0.2) is 12.1 Å². The molecule has 0 aliphatic rings. The molecular formula is C12H14F3NO. The van der Waals surface area contributed by atoms with Crippen LogP contribution in [0.25, 0.3) is 0 Å². The van der Waals surface area contributed by atoms with Crippen molar-refractivity contribution in [3.05, 3.63) is 35.1 Å². The SMILES string of the molecule is CC(C)(C)C(=O)NCc1c(F)cc(F)cc1F. The molecule has 0 saturated carbocycles. The van der Waals surface area contributed by atoms with Gasteiger partial charge in [0.05, 0.1) is 0 Å². The summed E-state index contributed by atoms with van der Waals surface area (Å²) in [4.78, 5) is 11.5. The van der Waals surface area contributed by atoms with Gasteiger partial charge in [-0.25, -0.2) is 13.2 Å². The Morgan fingerprint density at radius 3 is 2.06 bits per heavy atom. The van der Waals surface area contributed by atoms with E-state index in [9.17, 15) is 18.0 Å². The van der Waals surface area contributed by atoms with E-state index in [1.165, 1.54) is 0 Å². The monoisotopic (exact) mass is 245 g/mol. The molecule has 0 radical (unpaired) electrons. The lowest BCUT2D eigenvalue weighted by Gasteiger charge is -2.18. The number of benzene rings is 1. The van der Waals surface area contributed by atoms with Gasteiger partial charge in [-0.3, -0.25) is 4.79 Å². The van der Waals surface area contributed by atoms with Crippen LogP contribution in [-0.4, -0.2) is 5.91 Å². The van der Waals surface area contributed by atoms with Gasteiger partial charge >= 0.3 is 0 Å². The van der Waals surface area contributed by atoms with Gasteiger partial charge < -0.3 is 5.32 Å². The molecule has 0 heterocycles. The van der Waals surface area contributed by atoms with Crippen LogP contribution in [-0.2, 0) is 11.3 Å². The molecule has 1 N–H and O–H groups in total. The third-order valence-electron chi connectivity index (χ3n) is 2.21. The third-order valence-corrected chi connectivity index (χ3v) is 2.21. The summed E-state index contributed by atoms with van der Waals surface area (Å²) in [6.45, 7) is 4.74. The van der Waals surface area contributed by atoms with Crippen molar-refractivity contribution >= 4 is 5.91 Å². The van der Waals surface area contributed by atoms with Crippen LogP contribution in [0.4, 0.5) is 13.2 Å². The predicted octanol–water partition coefficient (Wildman–Crippen LogP) is 2.77. The zero-order chi connectivity index (χ0) is 13.2. The summed E-state index contributed by atoms with van der Waals surface area (Å²) in [6.07, 6.45) is 0. The van der Waals surface area contributed by atoms with E-state index >= 15 is 0 Å². The second kappa shape index (κ2) is 4.77. The Balaban J connectivity index is 2.80. The Bertz CT molecular complexity index is 415. The van der Waals surface area contributed by atoms with E-state index in [0.717, 1.165) is 0 Å². The minimum atomic E-state index is -1.00. The molecular weight excluding hydrogens is 231 g/mol. The predicted molar refractivity (Wildman–Crippen MR) is 57.6 cm³/mol. The second-order valence-corrected chi connectivity index (χ2v) is 4.78. The van der Waals surface area contributed by atoms with Gasteiger partial charge in [-0.05, 0) is 0 Å². The van der Waals surface area contributed by atoms with E-state index in [0.29, 0.717) is 12.1 Å². The number of hydrogen-bond acceptors (Lipinski definition) is 1. The van der Waals surface area contributed by atoms with Crippen LogP contribution in [0.1, 0.15) is 26.3 Å². The minimum absolute atomic E-state index is 0.298. The Morgan fingerprint density at radius 1 is 1.18 bits per heavy atom. The summed E-state index contributed by atoms with van der Waals surface area (Å²) >= 11 is 0. The van der Waals surface area contributed by atoms with E-state index in [2.05, 4.69) is 5.32 Å². The maximum atomic E-state index is 13.2. The highest BCUT2D eigenvalue weighted by molar-refractivity contribution is 5.81. The number of carbonyl (C=O) groups is 1. The standard InChI is InChI=1S/C12H14F3NO/c1-12(2,3)11(17)16-6-8-9(14)4-7(13)5-10(8)15/h4-5H,6H2,1-3H3,(H,16,17). The highest BCUT2D eigenvalue weighted by atomic mass is 19.1. The fourth-order valence-electron chi connectivity index (χ4n) is 1.17. The fraction of sp³-hybridized carbons (Fsp3) is 0.417. The zero-order valence-electron chi connectivity index (χ0n) is 9.90. The van der Waals surface area contributed by atoms with Crippen LogP contribution < -0.4 is 5.32 Å². The summed E-state index contributed by atoms with van der Waals surface area (Å²) < 4.78 is 39.1. The second-order valence-electron chi connectivity index (χ2n) is 4.78. The topological polar surface area (TPSA) is 29.1 Å². The van der Waals surface area contributed by atoms with Crippen molar-refractivity contribution in [1.82, 2.24) is 5.32 Å². The van der Waals surface area contributed by atoms with Gasteiger partial charge in [0.25, 0.3) is 0 Å². The average Bonchev–Trinajstić information content (AvgIpc) is 2.13. The smallest absolute Gasteiger partial charge is 0.225 e. The molecule has 1 aromatic carbocycles. The van der Waals surface area contributed by atoms with Gasteiger partial charge in [0.2, 0.25) is 5.91 Å². The van der Waals surface area contributed by atoms with Crippen molar-refractivity contribution in [2.24, 2.45) is 5.41 Å². The summed E-state index contributed by atoms with van der Waals surface area (Å²) in [7, 11) is 0. The maximum Gasteiger partial charge on any atom is 0.225 e. The van der Waals surface area contributed by atoms with Crippen molar-refractivity contribution in [1.29, 1.82) is 0 Å². The largest absolute Gasteiger partial charge is 0.351 e. The Morgan fingerprint density at radius 2 is 1.65 bits per heavy atom. The van der Waals surface area contributed by atoms with Gasteiger partial charge in [0, 0.05) is 29.7 Å². The first-order chi connectivity index (χ1) is 7.71. The van der Waals surface area contributed by atoms with Crippen molar-refractivity contribution in [3.8, 4) is 0 Å². The van der Waals surface area contributed by atoms with Gasteiger partial charge in [-0.1, -0.05) is 20.8 Å². The van der Waals surface area contributed by atoms with Crippen LogP contribution >= 0.6 is 0 Å². The molecule has 1 aromatic rings. The summed E-state index contributed by atoms with van der Waals surface area (Å²) in [5, 5.41) is 2.40. The first-order valence-electron chi connectivity index (χ1n) is 5.13. The lowest BCUT2D eigenvalue weighted by molar-refractivity contribution is -0.128. The first-order valence-corrected chi connectivity index (χ1v) is 5.13. The maximum absolute atomic E-state index is 13.2. The Labute approximate surface area is 97.8 Å². The molecule has 0 atom stereocenters. The van der Waals surface area contributed by atoms with Gasteiger partial charge in [0.15, 0.2) is 0 Å². The molecule has 17 heavy (non-hydrogen) atoms. The van der Waals surface area contributed by atoms with E-state index < -0.39 is 22.9 Å². The van der Waals surface area contributed by atoms with E-state index in [1.807, 2.05) is 0 Å². The van der Waals surface area contributed by atoms with E-state index in [-0.39, 0.29) is 18.0 Å². The third kappa shape index (κ3) is 3.47. The van der Waals surface area contributed by atoms with E-state index in [4.69, 9.17) is 0 Å². The molecule has 0 aliphatic heterocycles. The van der Waals surface area contributed by atoms with Crippen molar-refractivity contribution < 1.29 is 18.0 Å². The summed E-state index contributed by atoms with van der Waals surface area (Å²) in [6, 6.07) is 1.17. The highest BCUT2D eigenvalue weighted by Gasteiger charge is 2.21. The zero-order valence-corrected chi connectivity index (χ0v) is 9.90. The molecule has 1 rings (SSSR count). The molecule has 94 valence electrons. The number of halogens is 3. The van der Waals surface area contributed by atoms with Crippen LogP contribution in [0.3, 0.4) is 0 Å². The molecule has 0 bridgehead atoms. The number of hydrogen-bond donors (Lipinski definition) is 1. The van der Waals surface area contributed by atoms with Crippen molar-refractivity contribution in [3.63, 3.8) is 0 Å². The summed E-state index contributed by atoms with van der Waals surface area (Å²) in [5.74, 6) is -3.32. The lowest BCUT2D eigenvalue weighted by atomic mass is 9.95. The summed E-state index contributed by atoms with van der Waals surface area (Å²) in [5.41, 5.74) is -0.989.